The smallest absolute Gasteiger partial charge is 0.252 e. The van der Waals surface area contributed by atoms with E-state index in [0.29, 0.717) is 0 Å². The Balaban J connectivity index is 1.18. The monoisotopic (exact) mass is 898 g/mol. The van der Waals surface area contributed by atoms with Gasteiger partial charge >= 0.3 is 0 Å². The van der Waals surface area contributed by atoms with E-state index in [0.717, 1.165) is 17.1 Å². The van der Waals surface area contributed by atoms with Crippen LogP contribution in [0.4, 0.5) is 51.2 Å². The first kappa shape index (κ1) is 43.5. The van der Waals surface area contributed by atoms with Gasteiger partial charge in [-0.05, 0) is 163 Å². The van der Waals surface area contributed by atoms with E-state index in [-0.39, 0.29) is 28.4 Å². The molecule has 2 heterocycles. The second kappa shape index (κ2) is 15.6. The Labute approximate surface area is 411 Å². The predicted octanol–water partition coefficient (Wildman–Crippen LogP) is 16.0. The van der Waals surface area contributed by atoms with Gasteiger partial charge in [-0.1, -0.05) is 172 Å². The zero-order valence-corrected chi connectivity index (χ0v) is 42.0. The molecule has 1 fully saturated rings. The molecule has 3 nitrogen and oxygen atoms in total. The lowest BCUT2D eigenvalue weighted by atomic mass is 9.33. The highest BCUT2D eigenvalue weighted by molar-refractivity contribution is 7.00. The lowest BCUT2D eigenvalue weighted by Gasteiger charge is -2.46. The van der Waals surface area contributed by atoms with Crippen LogP contribution in [0.2, 0.25) is 0 Å². The van der Waals surface area contributed by atoms with Gasteiger partial charge in [-0.15, -0.1) is 0 Å². The average molecular weight is 898 g/mol. The van der Waals surface area contributed by atoms with E-state index in [1.165, 1.54) is 115 Å². The van der Waals surface area contributed by atoms with Crippen molar-refractivity contribution in [2.75, 3.05) is 14.7 Å². The van der Waals surface area contributed by atoms with Crippen molar-refractivity contribution in [3.8, 4) is 11.1 Å². The molecule has 2 aliphatic heterocycles. The molecule has 0 radical (unpaired) electrons. The summed E-state index contributed by atoms with van der Waals surface area (Å²) in [5.74, 6) is 0. The zero-order chi connectivity index (χ0) is 47.6. The second-order valence-corrected chi connectivity index (χ2v) is 23.4. The van der Waals surface area contributed by atoms with Crippen LogP contribution in [0.1, 0.15) is 116 Å². The first-order chi connectivity index (χ1) is 33.1. The van der Waals surface area contributed by atoms with Crippen LogP contribution < -0.4 is 31.1 Å². The molecule has 1 spiro atoms. The lowest BCUT2D eigenvalue weighted by Crippen LogP contribution is -2.61. The van der Waals surface area contributed by atoms with E-state index in [2.05, 4.69) is 253 Å². The van der Waals surface area contributed by atoms with Crippen LogP contribution in [0.15, 0.2) is 176 Å². The molecule has 1 saturated carbocycles. The number of benzene rings is 8. The summed E-state index contributed by atoms with van der Waals surface area (Å²) < 4.78 is 0. The maximum absolute atomic E-state index is 2.67. The summed E-state index contributed by atoms with van der Waals surface area (Å²) in [4.78, 5) is 7.69. The van der Waals surface area contributed by atoms with Gasteiger partial charge in [0.05, 0.1) is 0 Å². The van der Waals surface area contributed by atoms with Crippen LogP contribution in [0.5, 0.6) is 0 Å². The van der Waals surface area contributed by atoms with Crippen molar-refractivity contribution in [3.63, 3.8) is 0 Å². The van der Waals surface area contributed by atoms with Crippen LogP contribution >= 0.6 is 0 Å². The zero-order valence-electron chi connectivity index (χ0n) is 42.0. The lowest BCUT2D eigenvalue weighted by molar-refractivity contribution is 0.550. The summed E-state index contributed by atoms with van der Waals surface area (Å²) in [6.07, 6.45) is 4.90. The number of nitrogens with zero attached hydrogens (tertiary/aromatic N) is 3. The van der Waals surface area contributed by atoms with Gasteiger partial charge in [-0.3, -0.25) is 0 Å². The third-order valence-corrected chi connectivity index (χ3v) is 16.0. The number of hydrogen-bond donors (Lipinski definition) is 0. The molecule has 342 valence electrons. The normalized spacial score (nSPS) is 15.4. The number of anilines is 9. The molecule has 0 amide bonds. The molecule has 2 aliphatic carbocycles. The molecule has 0 unspecified atom stereocenters. The average Bonchev–Trinajstić information content (AvgIpc) is 3.94. The van der Waals surface area contributed by atoms with Crippen LogP contribution in [0.25, 0.3) is 11.1 Å². The fraction of sp³-hybridized carbons (Fsp3) is 0.262. The third kappa shape index (κ3) is 6.92. The van der Waals surface area contributed by atoms with Crippen LogP contribution in [0, 0.1) is 0 Å². The van der Waals surface area contributed by atoms with Gasteiger partial charge in [-0.25, -0.2) is 0 Å². The van der Waals surface area contributed by atoms with Gasteiger partial charge in [0, 0.05) is 56.6 Å². The molecule has 0 N–H and O–H groups in total. The summed E-state index contributed by atoms with van der Waals surface area (Å²) in [5.41, 5.74) is 24.6. The summed E-state index contributed by atoms with van der Waals surface area (Å²) in [6, 6.07) is 67.7. The van der Waals surface area contributed by atoms with E-state index in [4.69, 9.17) is 0 Å². The third-order valence-electron chi connectivity index (χ3n) is 16.0. The van der Waals surface area contributed by atoms with E-state index < -0.39 is 0 Å². The molecule has 0 bridgehead atoms. The van der Waals surface area contributed by atoms with Crippen LogP contribution in [-0.2, 0) is 21.7 Å². The minimum atomic E-state index is -0.127. The van der Waals surface area contributed by atoms with E-state index in [1.54, 1.807) is 0 Å². The minimum Gasteiger partial charge on any atom is -0.311 e. The van der Waals surface area contributed by atoms with Crippen molar-refractivity contribution >= 4 is 74.3 Å². The molecular formula is C65H64BN3. The van der Waals surface area contributed by atoms with Crippen LogP contribution in [0.3, 0.4) is 0 Å². The fourth-order valence-corrected chi connectivity index (χ4v) is 12.4. The summed E-state index contributed by atoms with van der Waals surface area (Å²) in [7, 11) is 0. The van der Waals surface area contributed by atoms with Gasteiger partial charge in [0.15, 0.2) is 0 Å². The molecular weight excluding hydrogens is 834 g/mol. The Hall–Kier alpha value is -6.78. The van der Waals surface area contributed by atoms with Crippen molar-refractivity contribution in [1.82, 2.24) is 0 Å². The summed E-state index contributed by atoms with van der Waals surface area (Å²) in [5, 5.41) is 0. The highest BCUT2D eigenvalue weighted by Crippen LogP contribution is 2.58. The van der Waals surface area contributed by atoms with Crippen molar-refractivity contribution < 1.29 is 0 Å². The fourth-order valence-electron chi connectivity index (χ4n) is 12.4. The molecule has 0 atom stereocenters. The van der Waals surface area contributed by atoms with Crippen molar-refractivity contribution in [2.45, 2.75) is 110 Å². The topological polar surface area (TPSA) is 9.72 Å². The van der Waals surface area contributed by atoms with E-state index in [1.807, 2.05) is 0 Å². The number of para-hydroxylation sites is 2. The molecule has 0 aromatic heterocycles. The molecule has 69 heavy (non-hydrogen) atoms. The standard InChI is InChI=1S/C65H64BN3/c1-62(2,3)43-26-29-48(30-27-43)68-57-35-28-44(63(4,5)6)38-56(57)66-55-34-32-50(67(46-20-12-10-13-21-46)47-22-14-11-15-23-47)42-58(55)69(60-40-45(64(7,8)9)39-59(68)61(60)66)49-31-33-52-51-24-16-17-25-53(51)65(54(52)41-49)36-18-19-37-65/h10-17,20-35,38-42H,18-19,36-37H2,1-9H3. The minimum absolute atomic E-state index is 0.00604. The van der Waals surface area contributed by atoms with Crippen molar-refractivity contribution in [2.24, 2.45) is 0 Å². The molecule has 12 rings (SSSR count). The number of hydrogen-bond acceptors (Lipinski definition) is 3. The highest BCUT2D eigenvalue weighted by Gasteiger charge is 2.48. The molecule has 4 heteroatoms. The van der Waals surface area contributed by atoms with E-state index in [9.17, 15) is 0 Å². The van der Waals surface area contributed by atoms with Crippen molar-refractivity contribution in [1.29, 1.82) is 0 Å². The molecule has 0 saturated heterocycles. The quantitative estimate of drug-likeness (QED) is 0.159. The van der Waals surface area contributed by atoms with Gasteiger partial charge < -0.3 is 14.7 Å². The maximum atomic E-state index is 2.67. The van der Waals surface area contributed by atoms with Gasteiger partial charge in [-0.2, -0.15) is 0 Å². The highest BCUT2D eigenvalue weighted by atomic mass is 15.2. The Morgan fingerprint density at radius 3 is 1.58 bits per heavy atom. The first-order valence-electron chi connectivity index (χ1n) is 25.4. The van der Waals surface area contributed by atoms with Crippen molar-refractivity contribution in [3.05, 3.63) is 204 Å². The maximum Gasteiger partial charge on any atom is 0.252 e. The van der Waals surface area contributed by atoms with Gasteiger partial charge in [0.2, 0.25) is 0 Å². The first-order valence-corrected chi connectivity index (χ1v) is 25.4. The summed E-state index contributed by atoms with van der Waals surface area (Å²) in [6.45, 7) is 21.1. The second-order valence-electron chi connectivity index (χ2n) is 23.4. The van der Waals surface area contributed by atoms with E-state index >= 15 is 0 Å². The number of rotatable bonds is 5. The largest absolute Gasteiger partial charge is 0.311 e. The predicted molar refractivity (Wildman–Crippen MR) is 296 cm³/mol. The Morgan fingerprint density at radius 1 is 0.406 bits per heavy atom. The Morgan fingerprint density at radius 2 is 0.957 bits per heavy atom. The number of fused-ring (bicyclic) bond motifs is 9. The van der Waals surface area contributed by atoms with Crippen LogP contribution in [-0.4, -0.2) is 6.71 Å². The molecule has 8 aromatic rings. The Kier molecular flexibility index (Phi) is 9.85. The SMILES string of the molecule is CC(C)(C)c1ccc(N2c3ccc(C(C)(C)C)cc3B3c4ccc(N(c5ccccc5)c5ccccc5)cc4N(c4ccc5c(c4)C4(CCCC4)c4ccccc4-5)c4cc(C(C)(C)C)cc2c43)cc1. The van der Waals surface area contributed by atoms with Gasteiger partial charge in [0.25, 0.3) is 6.71 Å². The molecule has 4 aliphatic rings. The summed E-state index contributed by atoms with van der Waals surface area (Å²) >= 11 is 0. The van der Waals surface area contributed by atoms with Gasteiger partial charge in [0.1, 0.15) is 0 Å². The Bertz CT molecular complexity index is 3250. The molecule has 8 aromatic carbocycles.